The summed E-state index contributed by atoms with van der Waals surface area (Å²) in [7, 11) is 0. The molecule has 0 heterocycles. The molecule has 0 aliphatic rings. The van der Waals surface area contributed by atoms with E-state index in [-0.39, 0.29) is 10.8 Å². The molecule has 0 saturated heterocycles. The minimum atomic E-state index is 0.189. The lowest BCUT2D eigenvalue weighted by Crippen LogP contribution is -1.98. The van der Waals surface area contributed by atoms with E-state index in [2.05, 4.69) is 71.0 Å². The Labute approximate surface area is 122 Å². The van der Waals surface area contributed by atoms with Crippen molar-refractivity contribution in [2.24, 2.45) is 10.8 Å². The maximum absolute atomic E-state index is 3.03. The lowest BCUT2D eigenvalue weighted by Gasteiger charge is -2.05. The molecule has 0 bridgehead atoms. The van der Waals surface area contributed by atoms with Crippen LogP contribution in [0.4, 0.5) is 0 Å². The van der Waals surface area contributed by atoms with Crippen molar-refractivity contribution in [3.63, 3.8) is 0 Å². The normalized spacial score (nSPS) is 8.53. The molecule has 0 heteroatoms. The average Bonchev–Trinajstić information content (AvgIpc) is 2.16. The fraction of sp³-hybridized carbons (Fsp3) is 0.632. The van der Waals surface area contributed by atoms with Gasteiger partial charge in [-0.25, -0.2) is 0 Å². The maximum atomic E-state index is 3.03. The summed E-state index contributed by atoms with van der Waals surface area (Å²) < 4.78 is 0. The smallest absolute Gasteiger partial charge is 0.0230 e. The molecule has 0 atom stereocenters. The van der Waals surface area contributed by atoms with Gasteiger partial charge in [-0.05, 0) is 81.4 Å². The van der Waals surface area contributed by atoms with Crippen molar-refractivity contribution in [1.29, 1.82) is 0 Å². The average molecular weight is 260 g/mol. The van der Waals surface area contributed by atoms with E-state index in [0.29, 0.717) is 0 Å². The van der Waals surface area contributed by atoms with Crippen LogP contribution in [0.25, 0.3) is 0 Å². The Morgan fingerprint density at radius 2 is 0.895 bits per heavy atom. The largest absolute Gasteiger partial charge is 0.130 e. The molecule has 19 heavy (non-hydrogen) atoms. The number of rotatable bonds is 0. The number of hydrogen-bond acceptors (Lipinski definition) is 0. The Bertz CT molecular complexity index is 330. The van der Waals surface area contributed by atoms with Crippen molar-refractivity contribution in [3.05, 3.63) is 17.9 Å². The van der Waals surface area contributed by atoms with Crippen LogP contribution < -0.4 is 0 Å². The second kappa shape index (κ2) is 13.1. The molecule has 0 nitrogen and oxygen atoms in total. The van der Waals surface area contributed by atoms with Crippen LogP contribution in [-0.4, -0.2) is 0 Å². The Balaban J connectivity index is -0.000000206. The number of allylic oxidation sites excluding steroid dienone is 1. The second-order valence-corrected chi connectivity index (χ2v) is 5.99. The van der Waals surface area contributed by atoms with Gasteiger partial charge >= 0.3 is 0 Å². The summed E-state index contributed by atoms with van der Waals surface area (Å²) in [4.78, 5) is 0. The Hall–Kier alpha value is -1.36. The molecule has 0 spiro atoms. The first-order valence-corrected chi connectivity index (χ1v) is 6.73. The quantitative estimate of drug-likeness (QED) is 0.378. The van der Waals surface area contributed by atoms with E-state index in [1.165, 1.54) is 0 Å². The first-order chi connectivity index (χ1) is 8.54. The molecule has 0 aromatic carbocycles. The first kappa shape index (κ1) is 22.8. The van der Waals surface area contributed by atoms with Gasteiger partial charge in [0.2, 0.25) is 0 Å². The summed E-state index contributed by atoms with van der Waals surface area (Å²) >= 11 is 0. The fourth-order valence-electron chi connectivity index (χ4n) is 0.917. The zero-order chi connectivity index (χ0) is 15.9. The molecular weight excluding hydrogens is 228 g/mol. The third-order valence-electron chi connectivity index (χ3n) is 1.33. The maximum Gasteiger partial charge on any atom is 0.0230 e. The third-order valence-corrected chi connectivity index (χ3v) is 1.33. The zero-order valence-electron chi connectivity index (χ0n) is 14.7. The molecule has 0 rings (SSSR count). The summed E-state index contributed by atoms with van der Waals surface area (Å²) in [6, 6.07) is 0. The van der Waals surface area contributed by atoms with E-state index in [1.54, 1.807) is 0 Å². The van der Waals surface area contributed by atoms with Gasteiger partial charge in [0, 0.05) is 10.8 Å². The monoisotopic (exact) mass is 260 g/mol. The van der Waals surface area contributed by atoms with E-state index in [1.807, 2.05) is 39.8 Å². The molecule has 0 aromatic rings. The summed E-state index contributed by atoms with van der Waals surface area (Å²) in [5, 5.41) is 0. The van der Waals surface area contributed by atoms with E-state index < -0.39 is 0 Å². The van der Waals surface area contributed by atoms with Gasteiger partial charge in [0.15, 0.2) is 0 Å². The first-order valence-electron chi connectivity index (χ1n) is 6.73. The van der Waals surface area contributed by atoms with Crippen LogP contribution >= 0.6 is 0 Å². The van der Waals surface area contributed by atoms with E-state index in [9.17, 15) is 0 Å². The predicted molar refractivity (Wildman–Crippen MR) is 89.8 cm³/mol. The highest BCUT2D eigenvalue weighted by Gasteiger charge is 2.02. The molecule has 0 unspecified atom stereocenters. The van der Waals surface area contributed by atoms with Crippen molar-refractivity contribution in [3.8, 4) is 23.7 Å². The highest BCUT2D eigenvalue weighted by Crippen LogP contribution is 2.09. The summed E-state index contributed by atoms with van der Waals surface area (Å²) in [6.07, 6.45) is 3.75. The van der Waals surface area contributed by atoms with Crippen LogP contribution in [-0.2, 0) is 0 Å². The summed E-state index contributed by atoms with van der Waals surface area (Å²) in [5.74, 6) is 11.8. The Kier molecular flexibility index (Phi) is 15.7. The molecule has 0 aliphatic carbocycles. The summed E-state index contributed by atoms with van der Waals surface area (Å²) in [6.45, 7) is 20.2. The predicted octanol–water partition coefficient (Wildman–Crippen LogP) is 5.85. The fourth-order valence-corrected chi connectivity index (χ4v) is 0.917. The van der Waals surface area contributed by atoms with Gasteiger partial charge in [-0.3, -0.25) is 0 Å². The zero-order valence-corrected chi connectivity index (χ0v) is 14.7. The van der Waals surface area contributed by atoms with E-state index in [4.69, 9.17) is 0 Å². The van der Waals surface area contributed by atoms with Gasteiger partial charge in [-0.15, -0.1) is 17.6 Å². The lowest BCUT2D eigenvalue weighted by atomic mass is 9.98. The second-order valence-electron chi connectivity index (χ2n) is 5.99. The lowest BCUT2D eigenvalue weighted by molar-refractivity contribution is 0.570. The van der Waals surface area contributed by atoms with Crippen LogP contribution in [0.5, 0.6) is 0 Å². The SMILES string of the molecule is CC#CC(C)(C)C.CC#CC(C)(C)C.CC=C=CC. The van der Waals surface area contributed by atoms with Gasteiger partial charge in [0.1, 0.15) is 0 Å². The van der Waals surface area contributed by atoms with Crippen LogP contribution in [0, 0.1) is 34.5 Å². The van der Waals surface area contributed by atoms with E-state index >= 15 is 0 Å². The van der Waals surface area contributed by atoms with Crippen molar-refractivity contribution < 1.29 is 0 Å². The van der Waals surface area contributed by atoms with Crippen LogP contribution in [0.2, 0.25) is 0 Å². The molecule has 0 aromatic heterocycles. The van der Waals surface area contributed by atoms with Gasteiger partial charge in [0.05, 0.1) is 0 Å². The number of hydrogen-bond donors (Lipinski definition) is 0. The third kappa shape index (κ3) is 47.8. The molecule has 0 fully saturated rings. The minimum absolute atomic E-state index is 0.189. The van der Waals surface area contributed by atoms with Crippen molar-refractivity contribution >= 4 is 0 Å². The standard InChI is InChI=1S/2C7H12.C5H8/c2*1-5-6-7(2,3)4;1-3-5-4-2/h2*1-4H3;3-4H,1-2H3. The van der Waals surface area contributed by atoms with E-state index in [0.717, 1.165) is 0 Å². The molecule has 0 aliphatic heterocycles. The van der Waals surface area contributed by atoms with Gasteiger partial charge in [-0.2, -0.15) is 0 Å². The topological polar surface area (TPSA) is 0 Å². The Morgan fingerprint density at radius 3 is 0.895 bits per heavy atom. The summed E-state index contributed by atoms with van der Waals surface area (Å²) in [5.41, 5.74) is 3.24. The highest BCUT2D eigenvalue weighted by molar-refractivity contribution is 5.04. The Morgan fingerprint density at radius 1 is 0.632 bits per heavy atom. The van der Waals surface area contributed by atoms with Gasteiger partial charge < -0.3 is 0 Å². The van der Waals surface area contributed by atoms with Crippen molar-refractivity contribution in [2.75, 3.05) is 0 Å². The molecule has 108 valence electrons. The van der Waals surface area contributed by atoms with Crippen LogP contribution in [0.3, 0.4) is 0 Å². The van der Waals surface area contributed by atoms with Gasteiger partial charge in [-0.1, -0.05) is 11.8 Å². The molecule has 0 N–H and O–H groups in total. The molecule has 0 radical (unpaired) electrons. The van der Waals surface area contributed by atoms with Gasteiger partial charge in [0.25, 0.3) is 0 Å². The highest BCUT2D eigenvalue weighted by atomic mass is 14.0. The van der Waals surface area contributed by atoms with Crippen LogP contribution in [0.15, 0.2) is 17.9 Å². The molecular formula is C19H32. The molecule has 0 saturated carbocycles. The minimum Gasteiger partial charge on any atom is -0.130 e. The van der Waals surface area contributed by atoms with Crippen LogP contribution in [0.1, 0.15) is 69.2 Å². The van der Waals surface area contributed by atoms with Crippen molar-refractivity contribution in [1.82, 2.24) is 0 Å². The van der Waals surface area contributed by atoms with Crippen molar-refractivity contribution in [2.45, 2.75) is 69.2 Å². The molecule has 0 amide bonds.